The van der Waals surface area contributed by atoms with Crippen LogP contribution in [0, 0.1) is 0 Å². The van der Waals surface area contributed by atoms with Crippen LogP contribution < -0.4 is 4.74 Å². The maximum absolute atomic E-state index is 5.30. The SMILES string of the molecule is COc1ccc(-n2c(SCCCCCn3cccn3)nnc2-c2ccncc2)cc1. The summed E-state index contributed by atoms with van der Waals surface area (Å²) in [7, 11) is 1.67. The molecule has 0 radical (unpaired) electrons. The van der Waals surface area contributed by atoms with Crippen LogP contribution in [0.2, 0.25) is 0 Å². The van der Waals surface area contributed by atoms with Gasteiger partial charge in [-0.15, -0.1) is 10.2 Å². The highest BCUT2D eigenvalue weighted by Crippen LogP contribution is 2.29. The summed E-state index contributed by atoms with van der Waals surface area (Å²) < 4.78 is 9.38. The molecule has 1 aromatic carbocycles. The van der Waals surface area contributed by atoms with Crippen molar-refractivity contribution in [1.29, 1.82) is 0 Å². The molecule has 0 aliphatic carbocycles. The van der Waals surface area contributed by atoms with Gasteiger partial charge in [-0.05, 0) is 55.3 Å². The molecule has 0 unspecified atom stereocenters. The minimum absolute atomic E-state index is 0.809. The highest BCUT2D eigenvalue weighted by molar-refractivity contribution is 7.99. The highest BCUT2D eigenvalue weighted by atomic mass is 32.2. The van der Waals surface area contributed by atoms with Crippen LogP contribution in [-0.2, 0) is 6.54 Å². The first-order chi connectivity index (χ1) is 14.8. The molecule has 30 heavy (non-hydrogen) atoms. The molecule has 0 saturated carbocycles. The number of nitrogens with zero attached hydrogens (tertiary/aromatic N) is 6. The first-order valence-electron chi connectivity index (χ1n) is 9.95. The van der Waals surface area contributed by atoms with E-state index < -0.39 is 0 Å². The average molecular weight is 421 g/mol. The molecule has 8 heteroatoms. The van der Waals surface area contributed by atoms with E-state index in [-0.39, 0.29) is 0 Å². The topological polar surface area (TPSA) is 70.7 Å². The van der Waals surface area contributed by atoms with Crippen LogP contribution in [0.4, 0.5) is 0 Å². The first kappa shape index (κ1) is 20.2. The summed E-state index contributed by atoms with van der Waals surface area (Å²) >= 11 is 1.74. The third-order valence-corrected chi connectivity index (χ3v) is 5.74. The van der Waals surface area contributed by atoms with Crippen molar-refractivity contribution in [2.24, 2.45) is 0 Å². The molecule has 0 bridgehead atoms. The van der Waals surface area contributed by atoms with Crippen LogP contribution in [0.5, 0.6) is 5.75 Å². The van der Waals surface area contributed by atoms with Crippen LogP contribution in [0.1, 0.15) is 19.3 Å². The summed E-state index contributed by atoms with van der Waals surface area (Å²) in [5, 5.41) is 14.1. The molecule has 0 aliphatic rings. The maximum atomic E-state index is 5.30. The molecule has 154 valence electrons. The molecule has 0 amide bonds. The van der Waals surface area contributed by atoms with E-state index in [4.69, 9.17) is 4.74 Å². The van der Waals surface area contributed by atoms with E-state index in [0.717, 1.165) is 59.5 Å². The second kappa shape index (κ2) is 10.1. The Morgan fingerprint density at radius 1 is 0.933 bits per heavy atom. The lowest BCUT2D eigenvalue weighted by Gasteiger charge is -2.11. The van der Waals surface area contributed by atoms with Gasteiger partial charge in [0.1, 0.15) is 5.75 Å². The molecule has 4 rings (SSSR count). The Kier molecular flexibility index (Phi) is 6.76. The Labute approximate surface area is 180 Å². The van der Waals surface area contributed by atoms with Crippen molar-refractivity contribution in [3.05, 3.63) is 67.3 Å². The van der Waals surface area contributed by atoms with Crippen LogP contribution in [-0.4, -0.2) is 42.4 Å². The zero-order valence-electron chi connectivity index (χ0n) is 16.9. The molecular weight excluding hydrogens is 396 g/mol. The van der Waals surface area contributed by atoms with Gasteiger partial charge in [-0.1, -0.05) is 18.2 Å². The fourth-order valence-electron chi connectivity index (χ4n) is 3.16. The Morgan fingerprint density at radius 3 is 2.50 bits per heavy atom. The van der Waals surface area contributed by atoms with E-state index >= 15 is 0 Å². The number of methoxy groups -OCH3 is 1. The van der Waals surface area contributed by atoms with Crippen molar-refractivity contribution in [1.82, 2.24) is 29.5 Å². The molecule has 0 aliphatic heterocycles. The van der Waals surface area contributed by atoms with E-state index in [0.29, 0.717) is 0 Å². The zero-order valence-corrected chi connectivity index (χ0v) is 17.7. The number of thioether (sulfide) groups is 1. The summed E-state index contributed by atoms with van der Waals surface area (Å²) in [4.78, 5) is 4.11. The normalized spacial score (nSPS) is 11.0. The van der Waals surface area contributed by atoms with Crippen LogP contribution in [0.3, 0.4) is 0 Å². The highest BCUT2D eigenvalue weighted by Gasteiger charge is 2.16. The number of rotatable bonds is 10. The van der Waals surface area contributed by atoms with Crippen molar-refractivity contribution in [2.45, 2.75) is 31.0 Å². The quantitative estimate of drug-likeness (QED) is 0.278. The van der Waals surface area contributed by atoms with Crippen molar-refractivity contribution in [3.8, 4) is 22.8 Å². The first-order valence-corrected chi connectivity index (χ1v) is 10.9. The van der Waals surface area contributed by atoms with Gasteiger partial charge in [0.15, 0.2) is 11.0 Å². The smallest absolute Gasteiger partial charge is 0.196 e. The number of aromatic nitrogens is 6. The monoisotopic (exact) mass is 420 g/mol. The molecule has 0 saturated heterocycles. The summed E-state index contributed by atoms with van der Waals surface area (Å²) in [6.07, 6.45) is 10.8. The largest absolute Gasteiger partial charge is 0.497 e. The van der Waals surface area contributed by atoms with Crippen molar-refractivity contribution in [3.63, 3.8) is 0 Å². The minimum Gasteiger partial charge on any atom is -0.497 e. The van der Waals surface area contributed by atoms with Crippen molar-refractivity contribution < 1.29 is 4.74 Å². The predicted octanol–water partition coefficient (Wildman–Crippen LogP) is 4.50. The number of pyridine rings is 1. The van der Waals surface area contributed by atoms with Gasteiger partial charge < -0.3 is 4.74 Å². The van der Waals surface area contributed by atoms with E-state index in [2.05, 4.69) is 24.8 Å². The zero-order chi connectivity index (χ0) is 20.6. The van der Waals surface area contributed by atoms with Gasteiger partial charge in [0.2, 0.25) is 0 Å². The van der Waals surface area contributed by atoms with Crippen LogP contribution in [0.25, 0.3) is 17.1 Å². The average Bonchev–Trinajstić information content (AvgIpc) is 3.47. The van der Waals surface area contributed by atoms with Gasteiger partial charge in [0.25, 0.3) is 0 Å². The Morgan fingerprint density at radius 2 is 1.77 bits per heavy atom. The number of unbranched alkanes of at least 4 members (excludes halogenated alkanes) is 2. The summed E-state index contributed by atoms with van der Waals surface area (Å²) in [5.41, 5.74) is 1.99. The molecular formula is C22H24N6OS. The van der Waals surface area contributed by atoms with Crippen LogP contribution >= 0.6 is 11.8 Å². The van der Waals surface area contributed by atoms with Crippen molar-refractivity contribution in [2.75, 3.05) is 12.9 Å². The third-order valence-electron chi connectivity index (χ3n) is 4.72. The molecule has 0 atom stereocenters. The van der Waals surface area contributed by atoms with Gasteiger partial charge in [-0.25, -0.2) is 0 Å². The van der Waals surface area contributed by atoms with Gasteiger partial charge in [0, 0.05) is 48.3 Å². The van der Waals surface area contributed by atoms with Gasteiger partial charge >= 0.3 is 0 Å². The van der Waals surface area contributed by atoms with Crippen LogP contribution in [0.15, 0.2) is 72.4 Å². The van der Waals surface area contributed by atoms with E-state index in [1.807, 2.05) is 59.5 Å². The molecule has 0 spiro atoms. The fraction of sp³-hybridized carbons (Fsp3) is 0.273. The molecule has 7 nitrogen and oxygen atoms in total. The summed E-state index contributed by atoms with van der Waals surface area (Å²) in [6.45, 7) is 0.964. The second-order valence-electron chi connectivity index (χ2n) is 6.75. The second-order valence-corrected chi connectivity index (χ2v) is 7.82. The Hall–Kier alpha value is -3.13. The Balaban J connectivity index is 1.46. The standard InChI is InChI=1S/C22H24N6OS/c1-29-20-8-6-19(7-9-20)28-21(18-10-13-23-14-11-18)25-26-22(28)30-17-4-2-3-15-27-16-5-12-24-27/h5-14,16H,2-4,15,17H2,1H3. The van der Waals surface area contributed by atoms with Gasteiger partial charge in [0.05, 0.1) is 7.11 Å². The fourth-order valence-corrected chi connectivity index (χ4v) is 4.11. The Bertz CT molecular complexity index is 1030. The lowest BCUT2D eigenvalue weighted by atomic mass is 10.2. The number of aryl methyl sites for hydroxylation is 1. The maximum Gasteiger partial charge on any atom is 0.196 e. The number of benzene rings is 1. The molecule has 3 heterocycles. The predicted molar refractivity (Wildman–Crippen MR) is 118 cm³/mol. The van der Waals surface area contributed by atoms with Gasteiger partial charge in [-0.3, -0.25) is 14.2 Å². The van der Waals surface area contributed by atoms with E-state index in [1.54, 1.807) is 31.3 Å². The minimum atomic E-state index is 0.809. The van der Waals surface area contributed by atoms with Crippen molar-refractivity contribution >= 4 is 11.8 Å². The summed E-state index contributed by atoms with van der Waals surface area (Å²) in [5.74, 6) is 2.62. The van der Waals surface area contributed by atoms with E-state index in [1.165, 1.54) is 0 Å². The lowest BCUT2D eigenvalue weighted by Crippen LogP contribution is -2.01. The molecule has 0 N–H and O–H groups in total. The number of hydrogen-bond donors (Lipinski definition) is 0. The van der Waals surface area contributed by atoms with E-state index in [9.17, 15) is 0 Å². The van der Waals surface area contributed by atoms with Gasteiger partial charge in [-0.2, -0.15) is 5.10 Å². The number of hydrogen-bond acceptors (Lipinski definition) is 6. The molecule has 0 fully saturated rings. The third kappa shape index (κ3) is 4.88. The molecule has 4 aromatic rings. The summed E-state index contributed by atoms with van der Waals surface area (Å²) in [6, 6.07) is 13.8. The lowest BCUT2D eigenvalue weighted by molar-refractivity contribution is 0.414. The molecule has 3 aromatic heterocycles. The number of ether oxygens (including phenoxy) is 1.